The minimum Gasteiger partial charge on any atom is -0.478 e. The van der Waals surface area contributed by atoms with E-state index in [9.17, 15) is 33.9 Å². The van der Waals surface area contributed by atoms with Gasteiger partial charge in [-0.15, -0.1) is 0 Å². The van der Waals surface area contributed by atoms with Crippen molar-refractivity contribution < 1.29 is 39.0 Å². The summed E-state index contributed by atoms with van der Waals surface area (Å²) in [5.41, 5.74) is 0.529. The van der Waals surface area contributed by atoms with Gasteiger partial charge in [0.2, 0.25) is 11.8 Å². The number of benzene rings is 2. The molecule has 0 atom stereocenters. The van der Waals surface area contributed by atoms with Crippen molar-refractivity contribution in [1.29, 1.82) is 0 Å². The molecule has 13 nitrogen and oxygen atoms in total. The van der Waals surface area contributed by atoms with Crippen molar-refractivity contribution in [2.45, 2.75) is 6.92 Å². The van der Waals surface area contributed by atoms with Gasteiger partial charge in [0.05, 0.1) is 61.1 Å². The van der Waals surface area contributed by atoms with Crippen LogP contribution >= 0.6 is 136 Å². The zero-order valence-corrected chi connectivity index (χ0v) is 38.1. The third kappa shape index (κ3) is 9.61. The van der Waals surface area contributed by atoms with Crippen LogP contribution in [0.2, 0.25) is 0 Å². The summed E-state index contributed by atoms with van der Waals surface area (Å²) in [6, 6.07) is 0. The van der Waals surface area contributed by atoms with Crippen LogP contribution in [-0.4, -0.2) is 109 Å². The average Bonchev–Trinajstić information content (AvgIpc) is 2.92. The second-order valence-electron chi connectivity index (χ2n) is 8.28. The second-order valence-corrected chi connectivity index (χ2v) is 14.8. The van der Waals surface area contributed by atoms with Gasteiger partial charge in [-0.3, -0.25) is 24.0 Å². The summed E-state index contributed by atoms with van der Waals surface area (Å²) >= 11 is 11.1. The Labute approximate surface area is 355 Å². The van der Waals surface area contributed by atoms with E-state index in [1.165, 1.54) is 25.9 Å². The number of aromatic carboxylic acids is 1. The maximum absolute atomic E-state index is 13.4. The Kier molecular flexibility index (Phi) is 18.4. The molecule has 0 saturated carbocycles. The molecule has 0 bridgehead atoms. The number of anilines is 2. The predicted molar refractivity (Wildman–Crippen MR) is 215 cm³/mol. The monoisotopic (exact) mass is 1290 g/mol. The van der Waals surface area contributed by atoms with Crippen LogP contribution < -0.4 is 26.2 Å². The van der Waals surface area contributed by atoms with Crippen LogP contribution in [-0.2, 0) is 9.59 Å². The summed E-state index contributed by atoms with van der Waals surface area (Å²) in [6.07, 6.45) is 0. The van der Waals surface area contributed by atoms with Gasteiger partial charge in [0.1, 0.15) is 0 Å². The topological polar surface area (TPSA) is 194 Å². The molecular formula is C24H21I6N5NaO8. The molecule has 2 rings (SSSR count). The van der Waals surface area contributed by atoms with Crippen LogP contribution in [0.4, 0.5) is 11.4 Å². The molecule has 0 unspecified atom stereocenters. The number of hydrogen-bond donors (Lipinski definition) is 6. The van der Waals surface area contributed by atoms with Crippen LogP contribution in [0.15, 0.2) is 0 Å². The average molecular weight is 1290 g/mol. The number of nitrogens with zero attached hydrogens (tertiary/aromatic N) is 1. The first kappa shape index (κ1) is 42.6. The molecule has 0 aliphatic carbocycles. The van der Waals surface area contributed by atoms with E-state index in [1.54, 1.807) is 45.2 Å². The number of rotatable bonds is 10. The van der Waals surface area contributed by atoms with Crippen molar-refractivity contribution in [2.75, 3.05) is 44.0 Å². The summed E-state index contributed by atoms with van der Waals surface area (Å²) in [6.45, 7) is 0.415. The van der Waals surface area contributed by atoms with Crippen LogP contribution in [0, 0.1) is 21.4 Å². The number of carbonyl (C=O) groups excluding carboxylic acids is 5. The Morgan fingerprint density at radius 1 is 0.727 bits per heavy atom. The number of carboxylic acids is 1. The van der Waals surface area contributed by atoms with Crippen molar-refractivity contribution in [3.8, 4) is 0 Å². The zero-order valence-electron chi connectivity index (χ0n) is 23.2. The third-order valence-corrected chi connectivity index (χ3v) is 12.0. The molecule has 0 aromatic heterocycles. The van der Waals surface area contributed by atoms with E-state index in [0.717, 1.165) is 0 Å². The van der Waals surface area contributed by atoms with Crippen LogP contribution in [0.25, 0.3) is 0 Å². The molecule has 20 heteroatoms. The van der Waals surface area contributed by atoms with Gasteiger partial charge in [-0.05, 0) is 136 Å². The molecular weight excluding hydrogens is 1270 g/mol. The fourth-order valence-corrected chi connectivity index (χ4v) is 12.7. The molecule has 6 N–H and O–H groups in total. The Hall–Kier alpha value is 0.600. The molecule has 5 amide bonds. The first-order valence-electron chi connectivity index (χ1n) is 11.6. The van der Waals surface area contributed by atoms with Gasteiger partial charge in [0.25, 0.3) is 17.7 Å². The molecule has 233 valence electrons. The van der Waals surface area contributed by atoms with E-state index in [1.807, 2.05) is 90.4 Å². The van der Waals surface area contributed by atoms with Gasteiger partial charge in [0, 0.05) is 64.3 Å². The van der Waals surface area contributed by atoms with Crippen molar-refractivity contribution in [1.82, 2.24) is 16.0 Å². The summed E-state index contributed by atoms with van der Waals surface area (Å²) in [4.78, 5) is 77.6. The molecule has 0 aliphatic heterocycles. The molecule has 0 fully saturated rings. The van der Waals surface area contributed by atoms with E-state index in [2.05, 4.69) is 21.3 Å². The molecule has 2 aromatic carbocycles. The van der Waals surface area contributed by atoms with Crippen molar-refractivity contribution in [3.63, 3.8) is 0 Å². The first-order chi connectivity index (χ1) is 20.0. The fourth-order valence-electron chi connectivity index (χ4n) is 3.48. The summed E-state index contributed by atoms with van der Waals surface area (Å²) in [5, 5.41) is 29.0. The molecule has 0 spiro atoms. The van der Waals surface area contributed by atoms with E-state index in [4.69, 9.17) is 5.11 Å². The number of nitrogens with one attached hydrogen (secondary N) is 4. The minimum atomic E-state index is -1.31. The summed E-state index contributed by atoms with van der Waals surface area (Å²) < 4.78 is 1.76. The second kappa shape index (κ2) is 19.0. The number of hydrogen-bond acceptors (Lipinski definition) is 7. The Balaban J connectivity index is 0.00000968. The predicted octanol–water partition coefficient (Wildman–Crippen LogP) is 3.06. The van der Waals surface area contributed by atoms with Crippen molar-refractivity contribution in [3.05, 3.63) is 43.7 Å². The van der Waals surface area contributed by atoms with Crippen LogP contribution in [0.3, 0.4) is 0 Å². The largest absolute Gasteiger partial charge is 0.478 e. The SMILES string of the molecule is CNC(=O)c1c(I)c(C(=O)NCC(=O)Nc2c(I)c(C(=O)O)c(I)c(C(=O)NCCO)c2I)c(I)c(N(C)C(C)=O)c1I.[Na]. The first-order valence-corrected chi connectivity index (χ1v) is 18.1. The minimum absolute atomic E-state index is 0. The van der Waals surface area contributed by atoms with Crippen molar-refractivity contribution >= 4 is 212 Å². The molecule has 0 aliphatic rings. The van der Waals surface area contributed by atoms with Gasteiger partial charge < -0.3 is 36.4 Å². The third-order valence-electron chi connectivity index (χ3n) is 5.61. The summed E-state index contributed by atoms with van der Waals surface area (Å²) in [7, 11) is 2.96. The summed E-state index contributed by atoms with van der Waals surface area (Å²) in [5.74, 6) is -4.14. The number of aliphatic hydroxyl groups excluding tert-OH is 1. The Morgan fingerprint density at radius 2 is 1.18 bits per heavy atom. The number of aliphatic hydroxyl groups is 1. The van der Waals surface area contributed by atoms with E-state index in [-0.39, 0.29) is 87.3 Å². The Bertz CT molecular complexity index is 1560. The van der Waals surface area contributed by atoms with Gasteiger partial charge in [0.15, 0.2) is 0 Å². The van der Waals surface area contributed by atoms with E-state index >= 15 is 0 Å². The van der Waals surface area contributed by atoms with Gasteiger partial charge >= 0.3 is 5.97 Å². The molecule has 44 heavy (non-hydrogen) atoms. The zero-order chi connectivity index (χ0) is 32.9. The van der Waals surface area contributed by atoms with Gasteiger partial charge in [-0.1, -0.05) is 0 Å². The van der Waals surface area contributed by atoms with Crippen LogP contribution in [0.5, 0.6) is 0 Å². The normalized spacial score (nSPS) is 10.3. The molecule has 1 radical (unpaired) electrons. The fraction of sp³-hybridized carbons (Fsp3) is 0.250. The number of amides is 5. The number of carbonyl (C=O) groups is 6. The van der Waals surface area contributed by atoms with Crippen molar-refractivity contribution in [2.24, 2.45) is 0 Å². The standard InChI is InChI=1S/C24H21I6N5O8.Na/c1-7(37)35(3)20-17(29)10(21(39)31-2)13(25)11(18(20)30)23(41)33-6-8(38)34-19-15(27)9(22(40)32-4-5-36)14(26)12(16(19)28)24(42)43;/h36H,4-6H2,1-3H3,(H,31,39)(H,32,40)(H,33,41)(H,34,38)(H,42,43);. The van der Waals surface area contributed by atoms with Gasteiger partial charge in [-0.2, -0.15) is 0 Å². The maximum atomic E-state index is 13.4. The maximum Gasteiger partial charge on any atom is 0.337 e. The molecule has 2 aromatic rings. The van der Waals surface area contributed by atoms with E-state index in [0.29, 0.717) is 16.4 Å². The van der Waals surface area contributed by atoms with Gasteiger partial charge in [-0.25, -0.2) is 4.79 Å². The quantitative estimate of drug-likeness (QED) is 0.155. The molecule has 0 heterocycles. The van der Waals surface area contributed by atoms with Crippen LogP contribution in [0.1, 0.15) is 48.4 Å². The van der Waals surface area contributed by atoms with E-state index < -0.39 is 36.1 Å². The number of halogens is 6. The number of carboxylic acid groups (broad SMARTS) is 1. The Morgan fingerprint density at radius 3 is 1.66 bits per heavy atom. The smallest absolute Gasteiger partial charge is 0.337 e. The molecule has 0 saturated heterocycles.